The molecule has 3 aromatic rings. The number of aryl methyl sites for hydroxylation is 1. The minimum absolute atomic E-state index is 0.0255. The minimum atomic E-state index is -0.626. The molecule has 0 aliphatic rings. The van der Waals surface area contributed by atoms with Crippen molar-refractivity contribution >= 4 is 40.5 Å². The van der Waals surface area contributed by atoms with Crippen LogP contribution >= 0.6 is 23.2 Å². The summed E-state index contributed by atoms with van der Waals surface area (Å²) in [5.41, 5.74) is 1.84. The van der Waals surface area contributed by atoms with Crippen molar-refractivity contribution in [1.82, 2.24) is 10.2 Å². The summed E-state index contributed by atoms with van der Waals surface area (Å²) in [6, 6.07) is 13.1. The summed E-state index contributed by atoms with van der Waals surface area (Å²) in [5.74, 6) is -0.562. The van der Waals surface area contributed by atoms with Crippen molar-refractivity contribution in [3.05, 3.63) is 80.1 Å². The van der Waals surface area contributed by atoms with E-state index in [-0.39, 0.29) is 27.1 Å². The molecule has 9 heteroatoms. The first kappa shape index (κ1) is 18.8. The third-order valence-electron chi connectivity index (χ3n) is 3.80. The Labute approximate surface area is 164 Å². The normalized spacial score (nSPS) is 10.5. The van der Waals surface area contributed by atoms with Crippen LogP contribution in [0, 0.1) is 17.0 Å². The maximum atomic E-state index is 12.9. The predicted octanol–water partition coefficient (Wildman–Crippen LogP) is 4.92. The standard InChI is InChI=1S/C18H12Cl2N4O3/c1-10-15(11-5-3-2-4-6-11)16(17(20)23-22-10)18(25)21-12-7-8-13(19)14(9-12)24(26)27/h2-9H,1H3,(H,21,25). The molecular formula is C18H12Cl2N4O3. The van der Waals surface area contributed by atoms with E-state index in [1.165, 1.54) is 18.2 Å². The maximum absolute atomic E-state index is 12.9. The van der Waals surface area contributed by atoms with Crippen LogP contribution in [0.4, 0.5) is 11.4 Å². The number of halogens is 2. The van der Waals surface area contributed by atoms with Crippen LogP contribution in [-0.2, 0) is 0 Å². The SMILES string of the molecule is Cc1nnc(Cl)c(C(=O)Nc2ccc(Cl)c([N+](=O)[O-])c2)c1-c1ccccc1. The second-order valence-corrected chi connectivity index (χ2v) is 6.33. The van der Waals surface area contributed by atoms with Crippen LogP contribution in [-0.4, -0.2) is 21.0 Å². The molecule has 1 amide bonds. The first-order valence-corrected chi connectivity index (χ1v) is 8.47. The molecule has 3 rings (SSSR count). The molecule has 0 unspecified atom stereocenters. The number of nitrogens with zero attached hydrogens (tertiary/aromatic N) is 3. The van der Waals surface area contributed by atoms with Crippen LogP contribution in [0.15, 0.2) is 48.5 Å². The second-order valence-electron chi connectivity index (χ2n) is 5.57. The van der Waals surface area contributed by atoms with E-state index in [0.29, 0.717) is 11.3 Å². The van der Waals surface area contributed by atoms with Gasteiger partial charge in [0.25, 0.3) is 11.6 Å². The molecule has 0 atom stereocenters. The van der Waals surface area contributed by atoms with Crippen molar-refractivity contribution in [2.24, 2.45) is 0 Å². The lowest BCUT2D eigenvalue weighted by Gasteiger charge is -2.13. The summed E-state index contributed by atoms with van der Waals surface area (Å²) < 4.78 is 0. The van der Waals surface area contributed by atoms with Crippen molar-refractivity contribution < 1.29 is 9.72 Å². The van der Waals surface area contributed by atoms with E-state index in [1.807, 2.05) is 30.3 Å². The molecule has 7 nitrogen and oxygen atoms in total. The largest absolute Gasteiger partial charge is 0.322 e. The number of aromatic nitrogens is 2. The van der Waals surface area contributed by atoms with Crippen LogP contribution in [0.3, 0.4) is 0 Å². The second kappa shape index (κ2) is 7.69. The summed E-state index contributed by atoms with van der Waals surface area (Å²) in [6.07, 6.45) is 0. The van der Waals surface area contributed by atoms with E-state index in [2.05, 4.69) is 15.5 Å². The molecule has 1 N–H and O–H groups in total. The van der Waals surface area contributed by atoms with E-state index >= 15 is 0 Å². The number of carbonyl (C=O) groups excluding carboxylic acids is 1. The highest BCUT2D eigenvalue weighted by molar-refractivity contribution is 6.34. The Morgan fingerprint density at radius 2 is 1.81 bits per heavy atom. The summed E-state index contributed by atoms with van der Waals surface area (Å²) in [7, 11) is 0. The zero-order valence-electron chi connectivity index (χ0n) is 13.9. The van der Waals surface area contributed by atoms with Gasteiger partial charge in [-0.25, -0.2) is 0 Å². The highest BCUT2D eigenvalue weighted by Crippen LogP contribution is 2.32. The third kappa shape index (κ3) is 3.89. The number of benzene rings is 2. The number of rotatable bonds is 4. The summed E-state index contributed by atoms with van der Waals surface area (Å²) in [5, 5.41) is 21.3. The first-order valence-electron chi connectivity index (χ1n) is 7.72. The monoisotopic (exact) mass is 402 g/mol. The van der Waals surface area contributed by atoms with Gasteiger partial charge in [0, 0.05) is 17.3 Å². The van der Waals surface area contributed by atoms with Gasteiger partial charge in [0.15, 0.2) is 5.15 Å². The fourth-order valence-corrected chi connectivity index (χ4v) is 3.00. The highest BCUT2D eigenvalue weighted by Gasteiger charge is 2.22. The first-order chi connectivity index (χ1) is 12.9. The van der Waals surface area contributed by atoms with Gasteiger partial charge in [-0.15, -0.1) is 5.10 Å². The molecule has 27 heavy (non-hydrogen) atoms. The number of anilines is 1. The number of carbonyl (C=O) groups is 1. The lowest BCUT2D eigenvalue weighted by atomic mass is 9.99. The summed E-state index contributed by atoms with van der Waals surface area (Å²) in [4.78, 5) is 23.3. The van der Waals surface area contributed by atoms with Crippen LogP contribution in [0.1, 0.15) is 16.1 Å². The van der Waals surface area contributed by atoms with E-state index in [1.54, 1.807) is 6.92 Å². The van der Waals surface area contributed by atoms with Gasteiger partial charge in [-0.05, 0) is 24.6 Å². The van der Waals surface area contributed by atoms with E-state index < -0.39 is 10.8 Å². The van der Waals surface area contributed by atoms with Crippen molar-refractivity contribution in [1.29, 1.82) is 0 Å². The number of hydrogen-bond acceptors (Lipinski definition) is 5. The van der Waals surface area contributed by atoms with Gasteiger partial charge >= 0.3 is 0 Å². The lowest BCUT2D eigenvalue weighted by Crippen LogP contribution is -2.16. The average Bonchev–Trinajstić information content (AvgIpc) is 2.65. The Morgan fingerprint density at radius 1 is 1.11 bits per heavy atom. The quantitative estimate of drug-likeness (QED) is 0.493. The molecule has 1 aromatic heterocycles. The molecule has 0 saturated heterocycles. The zero-order chi connectivity index (χ0) is 19.6. The molecule has 1 heterocycles. The van der Waals surface area contributed by atoms with Crippen LogP contribution < -0.4 is 5.32 Å². The minimum Gasteiger partial charge on any atom is -0.322 e. The van der Waals surface area contributed by atoms with Gasteiger partial charge in [-0.2, -0.15) is 5.10 Å². The Balaban J connectivity index is 2.05. The molecule has 0 saturated carbocycles. The lowest BCUT2D eigenvalue weighted by molar-refractivity contribution is -0.384. The smallest absolute Gasteiger partial charge is 0.289 e. The average molecular weight is 403 g/mol. The molecular weight excluding hydrogens is 391 g/mol. The van der Waals surface area contributed by atoms with E-state index in [9.17, 15) is 14.9 Å². The van der Waals surface area contributed by atoms with Gasteiger partial charge < -0.3 is 5.32 Å². The Kier molecular flexibility index (Phi) is 5.34. The maximum Gasteiger partial charge on any atom is 0.289 e. The fraction of sp³-hybridized carbons (Fsp3) is 0.0556. The Hall–Kier alpha value is -3.03. The number of nitrogens with one attached hydrogen (secondary N) is 1. The topological polar surface area (TPSA) is 98.0 Å². The van der Waals surface area contributed by atoms with Crippen molar-refractivity contribution in [3.63, 3.8) is 0 Å². The fourth-order valence-electron chi connectivity index (χ4n) is 2.59. The number of nitro groups is 1. The molecule has 2 aromatic carbocycles. The Morgan fingerprint density at radius 3 is 2.48 bits per heavy atom. The molecule has 0 bridgehead atoms. The number of hydrogen-bond donors (Lipinski definition) is 1. The zero-order valence-corrected chi connectivity index (χ0v) is 15.5. The van der Waals surface area contributed by atoms with Gasteiger partial charge in [0.1, 0.15) is 5.02 Å². The summed E-state index contributed by atoms with van der Waals surface area (Å²) in [6.45, 7) is 1.72. The van der Waals surface area contributed by atoms with Crippen LogP contribution in [0.2, 0.25) is 10.2 Å². The number of nitro benzene ring substituents is 1. The van der Waals surface area contributed by atoms with Crippen LogP contribution in [0.25, 0.3) is 11.1 Å². The molecule has 0 aliphatic heterocycles. The van der Waals surface area contributed by atoms with Gasteiger partial charge in [-0.1, -0.05) is 53.5 Å². The van der Waals surface area contributed by atoms with E-state index in [0.717, 1.165) is 5.56 Å². The van der Waals surface area contributed by atoms with Gasteiger partial charge in [0.2, 0.25) is 0 Å². The van der Waals surface area contributed by atoms with Gasteiger partial charge in [0.05, 0.1) is 16.2 Å². The molecule has 0 fully saturated rings. The van der Waals surface area contributed by atoms with Crippen LogP contribution in [0.5, 0.6) is 0 Å². The molecule has 0 radical (unpaired) electrons. The predicted molar refractivity (Wildman–Crippen MR) is 103 cm³/mol. The molecule has 0 aliphatic carbocycles. The van der Waals surface area contributed by atoms with E-state index in [4.69, 9.17) is 23.2 Å². The molecule has 136 valence electrons. The van der Waals surface area contributed by atoms with Gasteiger partial charge in [-0.3, -0.25) is 14.9 Å². The third-order valence-corrected chi connectivity index (χ3v) is 4.38. The van der Waals surface area contributed by atoms with Crippen molar-refractivity contribution in [3.8, 4) is 11.1 Å². The Bertz CT molecular complexity index is 1040. The number of amides is 1. The summed E-state index contributed by atoms with van der Waals surface area (Å²) >= 11 is 12.0. The highest BCUT2D eigenvalue weighted by atomic mass is 35.5. The van der Waals surface area contributed by atoms with Crippen molar-refractivity contribution in [2.45, 2.75) is 6.92 Å². The van der Waals surface area contributed by atoms with Crippen molar-refractivity contribution in [2.75, 3.05) is 5.32 Å². The molecule has 0 spiro atoms.